The molecule has 3 aromatic heterocycles. The molecule has 1 saturated carbocycles. The molecule has 3 aromatic rings. The lowest BCUT2D eigenvalue weighted by Crippen LogP contribution is -2.26. The molecule has 4 rings (SSSR count). The fourth-order valence-electron chi connectivity index (χ4n) is 3.50. The van der Waals surface area contributed by atoms with E-state index >= 15 is 0 Å². The summed E-state index contributed by atoms with van der Waals surface area (Å²) < 4.78 is 0. The van der Waals surface area contributed by atoms with Gasteiger partial charge >= 0.3 is 0 Å². The van der Waals surface area contributed by atoms with Crippen molar-refractivity contribution in [2.75, 3.05) is 10.6 Å². The van der Waals surface area contributed by atoms with E-state index in [9.17, 15) is 0 Å². The number of rotatable bonds is 5. The predicted molar refractivity (Wildman–Crippen MR) is 98.0 cm³/mol. The molecular formula is C17H24N8. The highest BCUT2D eigenvalue weighted by atomic mass is 15.2. The molecule has 1 aliphatic rings. The molecular weight excluding hydrogens is 316 g/mol. The highest BCUT2D eigenvalue weighted by molar-refractivity contribution is 5.88. The minimum absolute atomic E-state index is 0.434. The lowest BCUT2D eigenvalue weighted by Gasteiger charge is -2.28. The summed E-state index contributed by atoms with van der Waals surface area (Å²) in [7, 11) is 0. The number of hydrogen-bond donors (Lipinski definition) is 4. The third-order valence-corrected chi connectivity index (χ3v) is 5.02. The van der Waals surface area contributed by atoms with Gasteiger partial charge in [0.25, 0.3) is 0 Å². The number of aryl methyl sites for hydroxylation is 1. The van der Waals surface area contributed by atoms with E-state index in [1.165, 1.54) is 32.1 Å². The van der Waals surface area contributed by atoms with E-state index in [2.05, 4.69) is 47.9 Å². The van der Waals surface area contributed by atoms with Crippen molar-refractivity contribution < 1.29 is 0 Å². The van der Waals surface area contributed by atoms with Crippen molar-refractivity contribution in [3.05, 3.63) is 18.0 Å². The van der Waals surface area contributed by atoms with Crippen LogP contribution in [0.5, 0.6) is 0 Å². The summed E-state index contributed by atoms with van der Waals surface area (Å²) in [5.41, 5.74) is 1.71. The molecule has 25 heavy (non-hydrogen) atoms. The fraction of sp³-hybridized carbons (Fsp3) is 0.529. The van der Waals surface area contributed by atoms with E-state index in [4.69, 9.17) is 0 Å². The molecule has 8 heteroatoms. The van der Waals surface area contributed by atoms with Crippen LogP contribution in [0.4, 0.5) is 17.6 Å². The maximum atomic E-state index is 4.66. The van der Waals surface area contributed by atoms with Crippen molar-refractivity contribution in [2.24, 2.45) is 5.92 Å². The number of nitrogens with zero attached hydrogens (tertiary/aromatic N) is 4. The number of anilines is 3. The summed E-state index contributed by atoms with van der Waals surface area (Å²) in [6, 6.07) is 2.37. The second-order valence-corrected chi connectivity index (χ2v) is 6.86. The third-order valence-electron chi connectivity index (χ3n) is 5.02. The van der Waals surface area contributed by atoms with Gasteiger partial charge in [0.1, 0.15) is 5.82 Å². The van der Waals surface area contributed by atoms with Crippen LogP contribution in [-0.2, 0) is 0 Å². The van der Waals surface area contributed by atoms with E-state index in [1.807, 2.05) is 13.0 Å². The van der Waals surface area contributed by atoms with Crippen molar-refractivity contribution in [1.29, 1.82) is 0 Å². The van der Waals surface area contributed by atoms with E-state index in [-0.39, 0.29) is 0 Å². The Morgan fingerprint density at radius 3 is 2.72 bits per heavy atom. The lowest BCUT2D eigenvalue weighted by molar-refractivity contribution is 0.329. The maximum absolute atomic E-state index is 4.66. The van der Waals surface area contributed by atoms with Gasteiger partial charge in [0.05, 0.1) is 11.6 Å². The van der Waals surface area contributed by atoms with Crippen molar-refractivity contribution in [2.45, 2.75) is 52.0 Å². The molecule has 0 aromatic carbocycles. The predicted octanol–water partition coefficient (Wildman–Crippen LogP) is 3.51. The second kappa shape index (κ2) is 6.70. The Balaban J connectivity index is 1.55. The smallest absolute Gasteiger partial charge is 0.226 e. The van der Waals surface area contributed by atoms with Gasteiger partial charge in [-0.15, -0.1) is 0 Å². The monoisotopic (exact) mass is 340 g/mol. The zero-order chi connectivity index (χ0) is 17.2. The van der Waals surface area contributed by atoms with Crippen LogP contribution in [0.25, 0.3) is 11.0 Å². The Morgan fingerprint density at radius 1 is 1.16 bits per heavy atom. The van der Waals surface area contributed by atoms with Gasteiger partial charge in [-0.05, 0) is 38.5 Å². The number of hydrogen-bond acceptors (Lipinski definition) is 6. The molecule has 0 amide bonds. The second-order valence-electron chi connectivity index (χ2n) is 6.86. The quantitative estimate of drug-likeness (QED) is 0.566. The number of H-pyrrole nitrogens is 2. The molecule has 0 spiro atoms. The first-order valence-electron chi connectivity index (χ1n) is 8.98. The molecule has 4 N–H and O–H groups in total. The van der Waals surface area contributed by atoms with Crippen LogP contribution in [0, 0.1) is 12.8 Å². The molecule has 8 nitrogen and oxygen atoms in total. The van der Waals surface area contributed by atoms with Gasteiger partial charge in [0.15, 0.2) is 11.5 Å². The van der Waals surface area contributed by atoms with Crippen LogP contribution in [0.1, 0.15) is 44.7 Å². The topological polar surface area (TPSA) is 107 Å². The molecule has 0 aliphatic heterocycles. The molecule has 0 unspecified atom stereocenters. The molecule has 1 fully saturated rings. The zero-order valence-corrected chi connectivity index (χ0v) is 14.6. The molecule has 1 aliphatic carbocycles. The maximum Gasteiger partial charge on any atom is 0.226 e. The van der Waals surface area contributed by atoms with Crippen LogP contribution in [-0.4, -0.2) is 36.4 Å². The van der Waals surface area contributed by atoms with Gasteiger partial charge < -0.3 is 10.6 Å². The standard InChI is InChI=1S/C17H24N8/c1-3-11-4-6-12(7-5-11)19-17-21-15(13-9-18-25-16(13)22-17)20-14-8-10(2)23-24-14/h8-9,11-12H,3-7H2,1-2H3,(H4,18,19,20,21,22,23,24,25). The molecule has 0 saturated heterocycles. The van der Waals surface area contributed by atoms with Crippen LogP contribution in [0.15, 0.2) is 12.3 Å². The summed E-state index contributed by atoms with van der Waals surface area (Å²) in [4.78, 5) is 9.23. The first kappa shape index (κ1) is 15.9. The summed E-state index contributed by atoms with van der Waals surface area (Å²) >= 11 is 0. The van der Waals surface area contributed by atoms with E-state index in [1.54, 1.807) is 6.20 Å². The van der Waals surface area contributed by atoms with Crippen LogP contribution >= 0.6 is 0 Å². The summed E-state index contributed by atoms with van der Waals surface area (Å²) in [5.74, 6) is 2.93. The van der Waals surface area contributed by atoms with E-state index in [0.717, 1.165) is 28.5 Å². The van der Waals surface area contributed by atoms with Gasteiger partial charge in [0, 0.05) is 17.8 Å². The van der Waals surface area contributed by atoms with Crippen LogP contribution in [0.2, 0.25) is 0 Å². The summed E-state index contributed by atoms with van der Waals surface area (Å²) in [5, 5.41) is 21.8. The molecule has 0 atom stereocenters. The lowest BCUT2D eigenvalue weighted by atomic mass is 9.85. The van der Waals surface area contributed by atoms with Crippen molar-refractivity contribution in [3.8, 4) is 0 Å². The number of aromatic amines is 2. The molecule has 0 radical (unpaired) electrons. The van der Waals surface area contributed by atoms with Crippen molar-refractivity contribution >= 4 is 28.6 Å². The minimum atomic E-state index is 0.434. The first-order valence-corrected chi connectivity index (χ1v) is 8.98. The molecule has 132 valence electrons. The zero-order valence-electron chi connectivity index (χ0n) is 14.6. The van der Waals surface area contributed by atoms with Gasteiger partial charge in [0.2, 0.25) is 5.95 Å². The summed E-state index contributed by atoms with van der Waals surface area (Å²) in [6.07, 6.45) is 7.90. The fourth-order valence-corrected chi connectivity index (χ4v) is 3.50. The average Bonchev–Trinajstić information content (AvgIpc) is 3.24. The number of fused-ring (bicyclic) bond motifs is 1. The number of nitrogens with one attached hydrogen (secondary N) is 4. The minimum Gasteiger partial charge on any atom is -0.351 e. The highest BCUT2D eigenvalue weighted by Gasteiger charge is 2.21. The average molecular weight is 340 g/mol. The normalized spacial score (nSPS) is 20.7. The Hall–Kier alpha value is -2.64. The van der Waals surface area contributed by atoms with Gasteiger partial charge in [-0.3, -0.25) is 10.2 Å². The largest absolute Gasteiger partial charge is 0.351 e. The van der Waals surface area contributed by atoms with Crippen molar-refractivity contribution in [1.82, 2.24) is 30.4 Å². The summed E-state index contributed by atoms with van der Waals surface area (Å²) in [6.45, 7) is 4.24. The molecule has 0 bridgehead atoms. The third kappa shape index (κ3) is 3.42. The Morgan fingerprint density at radius 2 is 2.00 bits per heavy atom. The highest BCUT2D eigenvalue weighted by Crippen LogP contribution is 2.29. The van der Waals surface area contributed by atoms with E-state index < -0.39 is 0 Å². The SMILES string of the molecule is CCC1CCC(Nc2nc(Nc3cc(C)[nH]n3)c3cn[nH]c3n2)CC1. The van der Waals surface area contributed by atoms with Crippen LogP contribution < -0.4 is 10.6 Å². The first-order chi connectivity index (χ1) is 12.2. The van der Waals surface area contributed by atoms with Crippen LogP contribution in [0.3, 0.4) is 0 Å². The Kier molecular flexibility index (Phi) is 4.25. The van der Waals surface area contributed by atoms with Gasteiger partial charge in [-0.25, -0.2) is 0 Å². The van der Waals surface area contributed by atoms with Crippen molar-refractivity contribution in [3.63, 3.8) is 0 Å². The Labute approximate surface area is 146 Å². The van der Waals surface area contributed by atoms with Gasteiger partial charge in [-0.1, -0.05) is 13.3 Å². The van der Waals surface area contributed by atoms with E-state index in [0.29, 0.717) is 17.8 Å². The Bertz CT molecular complexity index is 843. The van der Waals surface area contributed by atoms with Gasteiger partial charge in [-0.2, -0.15) is 20.2 Å². The molecule has 3 heterocycles. The number of aromatic nitrogens is 6.